The Bertz CT molecular complexity index is 546. The van der Waals surface area contributed by atoms with E-state index in [2.05, 4.69) is 68.2 Å². The van der Waals surface area contributed by atoms with E-state index in [1.54, 1.807) is 0 Å². The van der Waals surface area contributed by atoms with Crippen molar-refractivity contribution in [2.45, 2.75) is 46.8 Å². The molecular formula is C18H26N2O. The number of nitrogens with one attached hydrogen (secondary N) is 1. The van der Waals surface area contributed by atoms with Crippen molar-refractivity contribution in [1.29, 1.82) is 0 Å². The van der Waals surface area contributed by atoms with E-state index in [4.69, 9.17) is 4.42 Å². The summed E-state index contributed by atoms with van der Waals surface area (Å²) in [6, 6.07) is 13.1. The lowest BCUT2D eigenvalue weighted by molar-refractivity contribution is 0.431. The van der Waals surface area contributed by atoms with Gasteiger partial charge >= 0.3 is 0 Å². The normalized spacial score (nSPS) is 11.1. The summed E-state index contributed by atoms with van der Waals surface area (Å²) in [5.41, 5.74) is 2.46. The summed E-state index contributed by atoms with van der Waals surface area (Å²) in [5.74, 6) is 2.07. The van der Waals surface area contributed by atoms with E-state index in [0.29, 0.717) is 6.04 Å². The Morgan fingerprint density at radius 2 is 1.90 bits per heavy atom. The molecule has 0 radical (unpaired) electrons. The van der Waals surface area contributed by atoms with E-state index in [-0.39, 0.29) is 0 Å². The number of anilines is 1. The van der Waals surface area contributed by atoms with Gasteiger partial charge in [0.05, 0.1) is 13.1 Å². The smallest absolute Gasteiger partial charge is 0.123 e. The van der Waals surface area contributed by atoms with Crippen molar-refractivity contribution in [3.8, 4) is 0 Å². The number of rotatable bonds is 7. The van der Waals surface area contributed by atoms with Gasteiger partial charge in [0, 0.05) is 18.3 Å². The van der Waals surface area contributed by atoms with Gasteiger partial charge in [-0.05, 0) is 37.6 Å². The van der Waals surface area contributed by atoms with E-state index in [1.165, 1.54) is 11.3 Å². The van der Waals surface area contributed by atoms with Crippen molar-refractivity contribution in [2.75, 3.05) is 11.4 Å². The van der Waals surface area contributed by atoms with Crippen molar-refractivity contribution < 1.29 is 4.42 Å². The van der Waals surface area contributed by atoms with Crippen molar-refractivity contribution >= 4 is 5.69 Å². The molecule has 2 aromatic rings. The number of benzene rings is 1. The van der Waals surface area contributed by atoms with Gasteiger partial charge in [-0.1, -0.05) is 32.0 Å². The van der Waals surface area contributed by atoms with Crippen LogP contribution in [0.25, 0.3) is 0 Å². The first-order chi connectivity index (χ1) is 10.1. The average molecular weight is 286 g/mol. The second kappa shape index (κ2) is 7.32. The highest BCUT2D eigenvalue weighted by Gasteiger charge is 2.11. The third kappa shape index (κ3) is 4.36. The number of hydrogen-bond acceptors (Lipinski definition) is 3. The topological polar surface area (TPSA) is 28.4 Å². The second-order valence-corrected chi connectivity index (χ2v) is 5.70. The van der Waals surface area contributed by atoms with Crippen LogP contribution in [0.15, 0.2) is 40.8 Å². The molecule has 0 saturated carbocycles. The fraction of sp³-hybridized carbons (Fsp3) is 0.444. The van der Waals surface area contributed by atoms with Crippen LogP contribution in [0.1, 0.15) is 37.9 Å². The highest BCUT2D eigenvalue weighted by atomic mass is 16.3. The van der Waals surface area contributed by atoms with Gasteiger partial charge in [-0.3, -0.25) is 0 Å². The Kier molecular flexibility index (Phi) is 5.45. The molecule has 3 heteroatoms. The molecule has 0 atom stereocenters. The molecule has 114 valence electrons. The van der Waals surface area contributed by atoms with E-state index < -0.39 is 0 Å². The van der Waals surface area contributed by atoms with Crippen molar-refractivity contribution in [3.63, 3.8) is 0 Å². The van der Waals surface area contributed by atoms with Crippen LogP contribution in [-0.2, 0) is 13.1 Å². The van der Waals surface area contributed by atoms with Gasteiger partial charge in [0.2, 0.25) is 0 Å². The van der Waals surface area contributed by atoms with Gasteiger partial charge in [-0.15, -0.1) is 0 Å². The summed E-state index contributed by atoms with van der Waals surface area (Å²) in [6.45, 7) is 11.1. The molecule has 1 aromatic carbocycles. The van der Waals surface area contributed by atoms with E-state index in [0.717, 1.165) is 31.2 Å². The van der Waals surface area contributed by atoms with E-state index in [9.17, 15) is 0 Å². The molecule has 3 nitrogen and oxygen atoms in total. The van der Waals surface area contributed by atoms with Gasteiger partial charge in [0.15, 0.2) is 0 Å². The van der Waals surface area contributed by atoms with Crippen LogP contribution in [-0.4, -0.2) is 12.6 Å². The van der Waals surface area contributed by atoms with Crippen LogP contribution in [0.5, 0.6) is 0 Å². The number of hydrogen-bond donors (Lipinski definition) is 1. The molecule has 1 aromatic heterocycles. The Hall–Kier alpha value is -1.74. The number of aryl methyl sites for hydroxylation is 1. The monoisotopic (exact) mass is 286 g/mol. The minimum atomic E-state index is 0.467. The first kappa shape index (κ1) is 15.6. The first-order valence-electron chi connectivity index (χ1n) is 7.71. The summed E-state index contributed by atoms with van der Waals surface area (Å²) < 4.78 is 6.01. The zero-order chi connectivity index (χ0) is 15.2. The SMILES string of the molecule is CCN(Cc1cc(C)c(CNC(C)C)o1)c1ccccc1. The molecule has 0 unspecified atom stereocenters. The van der Waals surface area contributed by atoms with Crippen LogP contribution in [0.4, 0.5) is 5.69 Å². The maximum absolute atomic E-state index is 6.01. The van der Waals surface area contributed by atoms with Crippen LogP contribution in [0.2, 0.25) is 0 Å². The van der Waals surface area contributed by atoms with Crippen LogP contribution in [0, 0.1) is 6.92 Å². The lowest BCUT2D eigenvalue weighted by atomic mass is 10.2. The predicted octanol–water partition coefficient (Wildman–Crippen LogP) is 4.11. The Morgan fingerprint density at radius 1 is 1.19 bits per heavy atom. The average Bonchev–Trinajstić information content (AvgIpc) is 2.83. The van der Waals surface area contributed by atoms with E-state index in [1.807, 2.05) is 6.07 Å². The van der Waals surface area contributed by atoms with Crippen molar-refractivity contribution in [2.24, 2.45) is 0 Å². The largest absolute Gasteiger partial charge is 0.463 e. The summed E-state index contributed by atoms with van der Waals surface area (Å²) >= 11 is 0. The fourth-order valence-corrected chi connectivity index (χ4v) is 2.35. The van der Waals surface area contributed by atoms with Crippen LogP contribution < -0.4 is 10.2 Å². The van der Waals surface area contributed by atoms with Gasteiger partial charge in [-0.2, -0.15) is 0 Å². The highest BCUT2D eigenvalue weighted by Crippen LogP contribution is 2.20. The molecule has 1 N–H and O–H groups in total. The quantitative estimate of drug-likeness (QED) is 0.830. The zero-order valence-electron chi connectivity index (χ0n) is 13.5. The van der Waals surface area contributed by atoms with Gasteiger partial charge < -0.3 is 14.6 Å². The Labute approximate surface area is 128 Å². The molecule has 0 aliphatic rings. The molecule has 0 saturated heterocycles. The van der Waals surface area contributed by atoms with Crippen LogP contribution >= 0.6 is 0 Å². The highest BCUT2D eigenvalue weighted by molar-refractivity contribution is 5.46. The maximum atomic E-state index is 6.01. The predicted molar refractivity (Wildman–Crippen MR) is 88.6 cm³/mol. The Balaban J connectivity index is 2.06. The molecule has 2 rings (SSSR count). The number of furan rings is 1. The second-order valence-electron chi connectivity index (χ2n) is 5.70. The third-order valence-electron chi connectivity index (χ3n) is 3.59. The van der Waals surface area contributed by atoms with Gasteiger partial charge in [0.25, 0.3) is 0 Å². The van der Waals surface area contributed by atoms with Crippen molar-refractivity contribution in [3.05, 3.63) is 53.5 Å². The Morgan fingerprint density at radius 3 is 2.52 bits per heavy atom. The minimum Gasteiger partial charge on any atom is -0.463 e. The number of nitrogens with zero attached hydrogens (tertiary/aromatic N) is 1. The van der Waals surface area contributed by atoms with Gasteiger partial charge in [-0.25, -0.2) is 0 Å². The molecule has 1 heterocycles. The van der Waals surface area contributed by atoms with E-state index >= 15 is 0 Å². The molecular weight excluding hydrogens is 260 g/mol. The zero-order valence-corrected chi connectivity index (χ0v) is 13.5. The fourth-order valence-electron chi connectivity index (χ4n) is 2.35. The molecule has 0 spiro atoms. The van der Waals surface area contributed by atoms with Crippen LogP contribution in [0.3, 0.4) is 0 Å². The lowest BCUT2D eigenvalue weighted by Crippen LogP contribution is -2.22. The van der Waals surface area contributed by atoms with Gasteiger partial charge in [0.1, 0.15) is 11.5 Å². The maximum Gasteiger partial charge on any atom is 0.123 e. The molecule has 0 aliphatic heterocycles. The minimum absolute atomic E-state index is 0.467. The summed E-state index contributed by atoms with van der Waals surface area (Å²) in [7, 11) is 0. The summed E-state index contributed by atoms with van der Waals surface area (Å²) in [4.78, 5) is 2.32. The summed E-state index contributed by atoms with van der Waals surface area (Å²) in [6.07, 6.45) is 0. The molecule has 21 heavy (non-hydrogen) atoms. The lowest BCUT2D eigenvalue weighted by Gasteiger charge is -2.21. The first-order valence-corrected chi connectivity index (χ1v) is 7.71. The summed E-state index contributed by atoms with van der Waals surface area (Å²) in [5, 5.41) is 3.41. The molecule has 0 bridgehead atoms. The molecule has 0 fully saturated rings. The van der Waals surface area contributed by atoms with Crippen molar-refractivity contribution in [1.82, 2.24) is 5.32 Å². The third-order valence-corrected chi connectivity index (χ3v) is 3.59. The molecule has 0 amide bonds. The standard InChI is InChI=1S/C18H26N2O/c1-5-20(16-9-7-6-8-10-16)13-17-11-15(4)18(21-17)12-19-14(2)3/h6-11,14,19H,5,12-13H2,1-4H3. The molecule has 0 aliphatic carbocycles. The number of para-hydroxylation sites is 1.